The van der Waals surface area contributed by atoms with Crippen LogP contribution < -0.4 is 0 Å². The molecule has 2 aromatic rings. The summed E-state index contributed by atoms with van der Waals surface area (Å²) < 4.78 is 4.61. The number of methoxy groups -OCH3 is 1. The first-order chi connectivity index (χ1) is 9.60. The maximum atomic E-state index is 11.3. The molecule has 5 nitrogen and oxygen atoms in total. The van der Waals surface area contributed by atoms with Gasteiger partial charge in [-0.25, -0.2) is 14.6 Å². The molecule has 0 aliphatic carbocycles. The van der Waals surface area contributed by atoms with Gasteiger partial charge < -0.3 is 9.84 Å². The predicted molar refractivity (Wildman–Crippen MR) is 75.8 cm³/mol. The highest BCUT2D eigenvalue weighted by Gasteiger charge is 2.06. The molecule has 6 heteroatoms. The number of carboxylic acids is 1. The Bertz CT molecular complexity index is 658. The number of carbonyl (C=O) groups is 2. The number of aromatic carboxylic acids is 1. The Hall–Kier alpha value is -2.47. The molecule has 20 heavy (non-hydrogen) atoms. The van der Waals surface area contributed by atoms with Crippen LogP contribution in [0.2, 0.25) is 0 Å². The quantitative estimate of drug-likeness (QED) is 0.876. The SMILES string of the molecule is COC(=O)c1ccc(C=Cc2ncc(C(=O)O)s2)cc1. The fourth-order valence-electron chi connectivity index (χ4n) is 1.48. The molecule has 1 aromatic carbocycles. The maximum absolute atomic E-state index is 11.3. The average Bonchev–Trinajstić information content (AvgIpc) is 2.94. The molecule has 0 fully saturated rings. The number of hydrogen-bond acceptors (Lipinski definition) is 5. The minimum Gasteiger partial charge on any atom is -0.477 e. The van der Waals surface area contributed by atoms with Crippen molar-refractivity contribution in [2.24, 2.45) is 0 Å². The second kappa shape index (κ2) is 6.12. The minimum atomic E-state index is -0.982. The Balaban J connectivity index is 2.10. The lowest BCUT2D eigenvalue weighted by Gasteiger charge is -1.98. The summed E-state index contributed by atoms with van der Waals surface area (Å²) in [4.78, 5) is 26.2. The van der Waals surface area contributed by atoms with Crippen LogP contribution in [0.15, 0.2) is 30.5 Å². The van der Waals surface area contributed by atoms with Gasteiger partial charge in [0.1, 0.15) is 9.88 Å². The van der Waals surface area contributed by atoms with Gasteiger partial charge in [-0.15, -0.1) is 11.3 Å². The summed E-state index contributed by atoms with van der Waals surface area (Å²) in [6.07, 6.45) is 4.85. The summed E-state index contributed by atoms with van der Waals surface area (Å²) in [5.41, 5.74) is 1.36. The molecule has 0 aliphatic rings. The third-order valence-corrected chi connectivity index (χ3v) is 3.44. The zero-order valence-electron chi connectivity index (χ0n) is 10.6. The maximum Gasteiger partial charge on any atom is 0.347 e. The lowest BCUT2D eigenvalue weighted by atomic mass is 10.1. The van der Waals surface area contributed by atoms with Crippen molar-refractivity contribution in [2.45, 2.75) is 0 Å². The Labute approximate surface area is 119 Å². The van der Waals surface area contributed by atoms with Crippen LogP contribution in [-0.2, 0) is 4.74 Å². The lowest BCUT2D eigenvalue weighted by Crippen LogP contribution is -2.00. The minimum absolute atomic E-state index is 0.200. The Morgan fingerprint density at radius 2 is 1.95 bits per heavy atom. The molecule has 0 aliphatic heterocycles. The second-order valence-electron chi connectivity index (χ2n) is 3.81. The van der Waals surface area contributed by atoms with Crippen LogP contribution in [0.4, 0.5) is 0 Å². The molecule has 1 aromatic heterocycles. The average molecular weight is 289 g/mol. The van der Waals surface area contributed by atoms with E-state index in [1.54, 1.807) is 36.4 Å². The lowest BCUT2D eigenvalue weighted by molar-refractivity contribution is 0.0600. The number of ether oxygens (including phenoxy) is 1. The van der Waals surface area contributed by atoms with E-state index in [2.05, 4.69) is 9.72 Å². The highest BCUT2D eigenvalue weighted by atomic mass is 32.1. The summed E-state index contributed by atoms with van der Waals surface area (Å²) in [6.45, 7) is 0. The highest BCUT2D eigenvalue weighted by Crippen LogP contribution is 2.16. The number of benzene rings is 1. The van der Waals surface area contributed by atoms with Gasteiger partial charge >= 0.3 is 11.9 Å². The van der Waals surface area contributed by atoms with E-state index in [9.17, 15) is 9.59 Å². The molecule has 0 spiro atoms. The van der Waals surface area contributed by atoms with Gasteiger partial charge in [0.25, 0.3) is 0 Å². The number of esters is 1. The predicted octanol–water partition coefficient (Wildman–Crippen LogP) is 2.80. The van der Waals surface area contributed by atoms with Crippen LogP contribution in [0.5, 0.6) is 0 Å². The highest BCUT2D eigenvalue weighted by molar-refractivity contribution is 7.14. The number of carboxylic acid groups (broad SMARTS) is 1. The standard InChI is InChI=1S/C14H11NO4S/c1-19-14(18)10-5-2-9(3-6-10)4-7-12-15-8-11(20-12)13(16)17/h2-8H,1H3,(H,16,17). The van der Waals surface area contributed by atoms with Gasteiger partial charge in [0.2, 0.25) is 0 Å². The molecule has 1 N–H and O–H groups in total. The molecular formula is C14H11NO4S. The molecule has 0 amide bonds. The first-order valence-corrected chi connectivity index (χ1v) is 6.47. The molecule has 0 bridgehead atoms. The number of thiazole rings is 1. The van der Waals surface area contributed by atoms with Crippen LogP contribution in [-0.4, -0.2) is 29.1 Å². The van der Waals surface area contributed by atoms with Gasteiger partial charge in [0, 0.05) is 0 Å². The number of aromatic nitrogens is 1. The van der Waals surface area contributed by atoms with E-state index in [-0.39, 0.29) is 10.8 Å². The monoisotopic (exact) mass is 289 g/mol. The van der Waals surface area contributed by atoms with E-state index in [1.165, 1.54) is 13.3 Å². The van der Waals surface area contributed by atoms with Gasteiger partial charge in [0.15, 0.2) is 0 Å². The first kappa shape index (κ1) is 14.0. The summed E-state index contributed by atoms with van der Waals surface area (Å²) >= 11 is 1.10. The number of hydrogen-bond donors (Lipinski definition) is 1. The van der Waals surface area contributed by atoms with E-state index in [0.717, 1.165) is 16.9 Å². The van der Waals surface area contributed by atoms with Crippen molar-refractivity contribution in [2.75, 3.05) is 7.11 Å². The number of carbonyl (C=O) groups excluding carboxylic acids is 1. The van der Waals surface area contributed by atoms with Crippen molar-refractivity contribution in [1.82, 2.24) is 4.98 Å². The van der Waals surface area contributed by atoms with E-state index in [1.807, 2.05) is 0 Å². The van der Waals surface area contributed by atoms with Gasteiger partial charge in [-0.05, 0) is 23.8 Å². The third kappa shape index (κ3) is 3.30. The zero-order chi connectivity index (χ0) is 14.5. The topological polar surface area (TPSA) is 76.5 Å². The molecule has 2 rings (SSSR count). The fourth-order valence-corrected chi connectivity index (χ4v) is 2.14. The van der Waals surface area contributed by atoms with E-state index in [4.69, 9.17) is 5.11 Å². The summed E-state index contributed by atoms with van der Waals surface area (Å²) in [5.74, 6) is -1.36. The van der Waals surface area contributed by atoms with Crippen molar-refractivity contribution in [3.63, 3.8) is 0 Å². The summed E-state index contributed by atoms with van der Waals surface area (Å²) in [5, 5.41) is 9.40. The number of rotatable bonds is 4. The summed E-state index contributed by atoms with van der Waals surface area (Å²) in [7, 11) is 1.33. The van der Waals surface area contributed by atoms with E-state index in [0.29, 0.717) is 10.6 Å². The Morgan fingerprint density at radius 3 is 2.50 bits per heavy atom. The zero-order valence-corrected chi connectivity index (χ0v) is 11.4. The molecule has 0 saturated heterocycles. The number of nitrogens with zero attached hydrogens (tertiary/aromatic N) is 1. The molecule has 0 saturated carbocycles. The van der Waals surface area contributed by atoms with E-state index < -0.39 is 5.97 Å². The first-order valence-electron chi connectivity index (χ1n) is 5.66. The largest absolute Gasteiger partial charge is 0.477 e. The van der Waals surface area contributed by atoms with E-state index >= 15 is 0 Å². The normalized spacial score (nSPS) is 10.7. The van der Waals surface area contributed by atoms with Crippen LogP contribution in [0.1, 0.15) is 30.6 Å². The fraction of sp³-hybridized carbons (Fsp3) is 0.0714. The third-order valence-electron chi connectivity index (χ3n) is 2.48. The van der Waals surface area contributed by atoms with Gasteiger partial charge in [-0.2, -0.15) is 0 Å². The van der Waals surface area contributed by atoms with Crippen molar-refractivity contribution >= 4 is 35.4 Å². The van der Waals surface area contributed by atoms with Gasteiger partial charge in [-0.3, -0.25) is 0 Å². The molecule has 1 heterocycles. The van der Waals surface area contributed by atoms with Gasteiger partial charge in [0.05, 0.1) is 18.9 Å². The molecule has 0 radical (unpaired) electrons. The van der Waals surface area contributed by atoms with Crippen LogP contribution in [0.3, 0.4) is 0 Å². The summed E-state index contributed by atoms with van der Waals surface area (Å²) in [6, 6.07) is 6.87. The van der Waals surface area contributed by atoms with Crippen molar-refractivity contribution in [3.05, 3.63) is 51.5 Å². The van der Waals surface area contributed by atoms with Crippen LogP contribution >= 0.6 is 11.3 Å². The van der Waals surface area contributed by atoms with Crippen LogP contribution in [0.25, 0.3) is 12.2 Å². The van der Waals surface area contributed by atoms with Crippen molar-refractivity contribution < 1.29 is 19.4 Å². The Kier molecular flexibility index (Phi) is 4.27. The Morgan fingerprint density at radius 1 is 1.25 bits per heavy atom. The molecule has 0 unspecified atom stereocenters. The second-order valence-corrected chi connectivity index (χ2v) is 4.88. The van der Waals surface area contributed by atoms with Crippen LogP contribution in [0, 0.1) is 0 Å². The smallest absolute Gasteiger partial charge is 0.347 e. The van der Waals surface area contributed by atoms with Crippen molar-refractivity contribution in [3.8, 4) is 0 Å². The van der Waals surface area contributed by atoms with Crippen molar-refractivity contribution in [1.29, 1.82) is 0 Å². The molecule has 0 atom stereocenters. The molecular weight excluding hydrogens is 278 g/mol. The van der Waals surface area contributed by atoms with Gasteiger partial charge in [-0.1, -0.05) is 18.2 Å². The molecule has 102 valence electrons.